The molecule has 0 aromatic heterocycles. The van der Waals surface area contributed by atoms with E-state index in [1.807, 2.05) is 37.3 Å². The number of rotatable bonds is 7. The van der Waals surface area contributed by atoms with Gasteiger partial charge in [0.2, 0.25) is 0 Å². The Morgan fingerprint density at radius 3 is 2.27 bits per heavy atom. The maximum atomic E-state index is 5.43. The molecule has 0 bridgehead atoms. The minimum atomic E-state index is 0.587. The van der Waals surface area contributed by atoms with Gasteiger partial charge in [-0.15, -0.1) is 0 Å². The third-order valence-electron chi connectivity index (χ3n) is 4.10. The van der Waals surface area contributed by atoms with Crippen molar-refractivity contribution in [3.63, 3.8) is 0 Å². The zero-order chi connectivity index (χ0) is 18.9. The summed E-state index contributed by atoms with van der Waals surface area (Å²) in [6.07, 6.45) is 0. The van der Waals surface area contributed by atoms with Crippen molar-refractivity contribution in [1.82, 2.24) is 10.6 Å². The number of ether oxygens (including phenoxy) is 3. The highest BCUT2D eigenvalue weighted by Gasteiger charge is 2.07. The number of guanidine groups is 1. The molecule has 2 rings (SSSR count). The van der Waals surface area contributed by atoms with E-state index in [-0.39, 0.29) is 0 Å². The van der Waals surface area contributed by atoms with Crippen LogP contribution >= 0.6 is 0 Å². The van der Waals surface area contributed by atoms with E-state index in [0.717, 1.165) is 33.9 Å². The normalized spacial score (nSPS) is 11.0. The van der Waals surface area contributed by atoms with Crippen LogP contribution in [0.1, 0.15) is 16.7 Å². The van der Waals surface area contributed by atoms with E-state index in [0.29, 0.717) is 19.0 Å². The third-order valence-corrected chi connectivity index (χ3v) is 4.10. The summed E-state index contributed by atoms with van der Waals surface area (Å²) < 4.78 is 16.0. The summed E-state index contributed by atoms with van der Waals surface area (Å²) in [4.78, 5) is 4.27. The lowest BCUT2D eigenvalue weighted by Gasteiger charge is -2.15. The number of nitrogens with one attached hydrogen (secondary N) is 2. The van der Waals surface area contributed by atoms with Gasteiger partial charge >= 0.3 is 0 Å². The lowest BCUT2D eigenvalue weighted by Crippen LogP contribution is -2.36. The van der Waals surface area contributed by atoms with Crippen LogP contribution in [0.3, 0.4) is 0 Å². The predicted molar refractivity (Wildman–Crippen MR) is 104 cm³/mol. The third kappa shape index (κ3) is 5.05. The number of nitrogens with zero attached hydrogens (tertiary/aromatic N) is 1. The quantitative estimate of drug-likeness (QED) is 0.589. The van der Waals surface area contributed by atoms with Gasteiger partial charge < -0.3 is 24.8 Å². The van der Waals surface area contributed by atoms with Gasteiger partial charge in [0, 0.05) is 31.8 Å². The van der Waals surface area contributed by atoms with Crippen LogP contribution < -0.4 is 24.8 Å². The second kappa shape index (κ2) is 9.56. The molecule has 0 heterocycles. The van der Waals surface area contributed by atoms with Gasteiger partial charge in [-0.05, 0) is 36.2 Å². The molecule has 0 fully saturated rings. The predicted octanol–water partition coefficient (Wildman–Crippen LogP) is 2.89. The highest BCUT2D eigenvalue weighted by molar-refractivity contribution is 5.79. The standard InChI is InChI=1S/C20H27N3O3/c1-14-6-7-15(10-18(14)25-4)12-22-20(21-2)23-13-16-8-9-17(24-3)11-19(16)26-5/h6-11H,12-13H2,1-5H3,(H2,21,22,23). The smallest absolute Gasteiger partial charge is 0.191 e. The fourth-order valence-electron chi connectivity index (χ4n) is 2.56. The van der Waals surface area contributed by atoms with Crippen LogP contribution in [0.4, 0.5) is 0 Å². The molecule has 0 aliphatic rings. The average Bonchev–Trinajstić information content (AvgIpc) is 2.69. The Morgan fingerprint density at radius 2 is 1.62 bits per heavy atom. The van der Waals surface area contributed by atoms with Crippen molar-refractivity contribution in [2.45, 2.75) is 20.0 Å². The summed E-state index contributed by atoms with van der Waals surface area (Å²) in [6, 6.07) is 11.9. The molecule has 0 aliphatic heterocycles. The van der Waals surface area contributed by atoms with Crippen molar-refractivity contribution < 1.29 is 14.2 Å². The first-order valence-corrected chi connectivity index (χ1v) is 8.40. The van der Waals surface area contributed by atoms with Crippen LogP contribution in [-0.2, 0) is 13.1 Å². The molecular formula is C20H27N3O3. The first-order valence-electron chi connectivity index (χ1n) is 8.40. The lowest BCUT2D eigenvalue weighted by atomic mass is 10.1. The average molecular weight is 357 g/mol. The minimum Gasteiger partial charge on any atom is -0.497 e. The summed E-state index contributed by atoms with van der Waals surface area (Å²) in [7, 11) is 6.72. The molecule has 0 spiro atoms. The Kier molecular flexibility index (Phi) is 7.14. The number of methoxy groups -OCH3 is 3. The summed E-state index contributed by atoms with van der Waals surface area (Å²) >= 11 is 0. The summed E-state index contributed by atoms with van der Waals surface area (Å²) in [5.41, 5.74) is 3.26. The van der Waals surface area contributed by atoms with E-state index in [9.17, 15) is 0 Å². The molecule has 6 nitrogen and oxygen atoms in total. The monoisotopic (exact) mass is 357 g/mol. The van der Waals surface area contributed by atoms with Gasteiger partial charge in [0.15, 0.2) is 5.96 Å². The second-order valence-electron chi connectivity index (χ2n) is 5.76. The Labute approximate surface area is 155 Å². The van der Waals surface area contributed by atoms with Crippen molar-refractivity contribution in [1.29, 1.82) is 0 Å². The largest absolute Gasteiger partial charge is 0.497 e. The van der Waals surface area contributed by atoms with Gasteiger partial charge in [-0.25, -0.2) is 0 Å². The van der Waals surface area contributed by atoms with Gasteiger partial charge in [-0.2, -0.15) is 0 Å². The van der Waals surface area contributed by atoms with E-state index in [1.54, 1.807) is 28.4 Å². The first-order chi connectivity index (χ1) is 12.6. The summed E-state index contributed by atoms with van der Waals surface area (Å²) in [5.74, 6) is 3.13. The van der Waals surface area contributed by atoms with Crippen LogP contribution in [0, 0.1) is 6.92 Å². The van der Waals surface area contributed by atoms with E-state index >= 15 is 0 Å². The van der Waals surface area contributed by atoms with Gasteiger partial charge in [0.1, 0.15) is 17.2 Å². The molecular weight excluding hydrogens is 330 g/mol. The molecule has 0 unspecified atom stereocenters. The minimum absolute atomic E-state index is 0.587. The lowest BCUT2D eigenvalue weighted by molar-refractivity contribution is 0.390. The highest BCUT2D eigenvalue weighted by atomic mass is 16.5. The molecule has 0 amide bonds. The number of hydrogen-bond donors (Lipinski definition) is 2. The van der Waals surface area contributed by atoms with Gasteiger partial charge in [0.05, 0.1) is 21.3 Å². The molecule has 2 N–H and O–H groups in total. The molecule has 26 heavy (non-hydrogen) atoms. The number of hydrogen-bond acceptors (Lipinski definition) is 4. The van der Waals surface area contributed by atoms with Crippen LogP contribution in [0.15, 0.2) is 41.4 Å². The Balaban J connectivity index is 1.96. The fraction of sp³-hybridized carbons (Fsp3) is 0.350. The van der Waals surface area contributed by atoms with Crippen molar-refractivity contribution in [3.8, 4) is 17.2 Å². The van der Waals surface area contributed by atoms with Crippen LogP contribution in [0.5, 0.6) is 17.2 Å². The second-order valence-corrected chi connectivity index (χ2v) is 5.76. The molecule has 6 heteroatoms. The SMILES string of the molecule is CN=C(NCc1ccc(C)c(OC)c1)NCc1ccc(OC)cc1OC. The van der Waals surface area contributed by atoms with Gasteiger partial charge in [0.25, 0.3) is 0 Å². The van der Waals surface area contributed by atoms with Crippen LogP contribution in [-0.4, -0.2) is 34.3 Å². The number of aliphatic imine (C=N–C) groups is 1. The molecule has 2 aromatic carbocycles. The summed E-state index contributed by atoms with van der Waals surface area (Å²) in [6.45, 7) is 3.26. The maximum absolute atomic E-state index is 5.43. The van der Waals surface area contributed by atoms with Crippen molar-refractivity contribution in [2.75, 3.05) is 28.4 Å². The molecule has 2 aromatic rings. The Morgan fingerprint density at radius 1 is 0.885 bits per heavy atom. The van der Waals surface area contributed by atoms with Gasteiger partial charge in [-0.3, -0.25) is 4.99 Å². The Hall–Kier alpha value is -2.89. The highest BCUT2D eigenvalue weighted by Crippen LogP contribution is 2.24. The van der Waals surface area contributed by atoms with E-state index in [2.05, 4.69) is 21.7 Å². The molecule has 0 aliphatic carbocycles. The van der Waals surface area contributed by atoms with Gasteiger partial charge in [-0.1, -0.05) is 12.1 Å². The molecule has 0 atom stereocenters. The first kappa shape index (κ1) is 19.4. The van der Waals surface area contributed by atoms with E-state index in [1.165, 1.54) is 0 Å². The zero-order valence-corrected chi connectivity index (χ0v) is 16.1. The molecule has 0 radical (unpaired) electrons. The van der Waals surface area contributed by atoms with Crippen LogP contribution in [0.25, 0.3) is 0 Å². The van der Waals surface area contributed by atoms with Crippen molar-refractivity contribution in [2.24, 2.45) is 4.99 Å². The zero-order valence-electron chi connectivity index (χ0n) is 16.1. The van der Waals surface area contributed by atoms with Crippen molar-refractivity contribution >= 4 is 5.96 Å². The van der Waals surface area contributed by atoms with Crippen molar-refractivity contribution in [3.05, 3.63) is 53.1 Å². The number of aryl methyl sites for hydroxylation is 1. The molecule has 140 valence electrons. The number of benzene rings is 2. The maximum Gasteiger partial charge on any atom is 0.191 e. The Bertz CT molecular complexity index is 760. The van der Waals surface area contributed by atoms with E-state index in [4.69, 9.17) is 14.2 Å². The molecule has 0 saturated carbocycles. The van der Waals surface area contributed by atoms with Crippen LogP contribution in [0.2, 0.25) is 0 Å². The van der Waals surface area contributed by atoms with E-state index < -0.39 is 0 Å². The fourth-order valence-corrected chi connectivity index (χ4v) is 2.56. The summed E-state index contributed by atoms with van der Waals surface area (Å²) in [5, 5.41) is 6.60. The molecule has 0 saturated heterocycles. The topological polar surface area (TPSA) is 64.1 Å².